The number of amides is 1. The lowest BCUT2D eigenvalue weighted by molar-refractivity contribution is -0.126. The second kappa shape index (κ2) is 6.27. The summed E-state index contributed by atoms with van der Waals surface area (Å²) in [6.45, 7) is 0.439. The van der Waals surface area contributed by atoms with Crippen LogP contribution in [-0.4, -0.2) is 26.5 Å². The number of rotatable bonds is 4. The van der Waals surface area contributed by atoms with Gasteiger partial charge in [0.25, 0.3) is 0 Å². The van der Waals surface area contributed by atoms with Crippen molar-refractivity contribution in [3.8, 4) is 0 Å². The first-order valence-electron chi connectivity index (χ1n) is 7.36. The van der Waals surface area contributed by atoms with Crippen molar-refractivity contribution in [2.24, 2.45) is 11.1 Å². The van der Waals surface area contributed by atoms with Crippen molar-refractivity contribution in [2.75, 3.05) is 30.9 Å². The first kappa shape index (κ1) is 14.9. The predicted molar refractivity (Wildman–Crippen MR) is 84.0 cm³/mol. The highest BCUT2D eigenvalue weighted by Gasteiger charge is 2.38. The Morgan fingerprint density at radius 2 is 1.80 bits per heavy atom. The topological polar surface area (TPSA) is 58.4 Å². The standard InChI is InChI=1S/C16H25N3O/c1-19(2)14-8-6-13(7-9-14)18-15(20)16(12-17)10-4-3-5-11-16/h6-9H,3-5,10-12,17H2,1-2H3,(H,18,20). The molecule has 3 N–H and O–H groups in total. The highest BCUT2D eigenvalue weighted by molar-refractivity contribution is 5.95. The highest BCUT2D eigenvalue weighted by atomic mass is 16.2. The van der Waals surface area contributed by atoms with Crippen molar-refractivity contribution >= 4 is 17.3 Å². The summed E-state index contributed by atoms with van der Waals surface area (Å²) in [7, 11) is 4.00. The molecule has 1 fully saturated rings. The summed E-state index contributed by atoms with van der Waals surface area (Å²) in [5.74, 6) is 0.0808. The van der Waals surface area contributed by atoms with Gasteiger partial charge in [0.05, 0.1) is 5.41 Å². The maximum Gasteiger partial charge on any atom is 0.231 e. The number of hydrogen-bond acceptors (Lipinski definition) is 3. The Hall–Kier alpha value is -1.55. The van der Waals surface area contributed by atoms with Gasteiger partial charge >= 0.3 is 0 Å². The third-order valence-electron chi connectivity index (χ3n) is 4.32. The molecular formula is C16H25N3O. The van der Waals surface area contributed by atoms with Gasteiger partial charge in [0.2, 0.25) is 5.91 Å². The first-order chi connectivity index (χ1) is 9.57. The monoisotopic (exact) mass is 275 g/mol. The van der Waals surface area contributed by atoms with Gasteiger partial charge < -0.3 is 16.0 Å². The quantitative estimate of drug-likeness (QED) is 0.888. The van der Waals surface area contributed by atoms with Crippen molar-refractivity contribution in [3.63, 3.8) is 0 Å². The Bertz CT molecular complexity index is 447. The molecule has 0 heterocycles. The lowest BCUT2D eigenvalue weighted by atomic mass is 9.73. The lowest BCUT2D eigenvalue weighted by Gasteiger charge is -2.34. The summed E-state index contributed by atoms with van der Waals surface area (Å²) in [4.78, 5) is 14.6. The minimum Gasteiger partial charge on any atom is -0.378 e. The molecule has 1 aliphatic rings. The molecule has 1 amide bonds. The Morgan fingerprint density at radius 3 is 2.30 bits per heavy atom. The van der Waals surface area contributed by atoms with E-state index >= 15 is 0 Å². The Labute approximate surface area is 121 Å². The minimum atomic E-state index is -0.363. The van der Waals surface area contributed by atoms with E-state index in [4.69, 9.17) is 5.73 Å². The molecule has 0 bridgehead atoms. The molecule has 1 aliphatic carbocycles. The lowest BCUT2D eigenvalue weighted by Crippen LogP contribution is -2.43. The number of benzene rings is 1. The minimum absolute atomic E-state index is 0.0808. The van der Waals surface area contributed by atoms with Crippen LogP contribution in [0.25, 0.3) is 0 Å². The van der Waals surface area contributed by atoms with Crippen LogP contribution in [0, 0.1) is 5.41 Å². The highest BCUT2D eigenvalue weighted by Crippen LogP contribution is 2.36. The van der Waals surface area contributed by atoms with Gasteiger partial charge in [-0.05, 0) is 37.1 Å². The molecule has 0 spiro atoms. The van der Waals surface area contributed by atoms with Gasteiger partial charge in [-0.2, -0.15) is 0 Å². The van der Waals surface area contributed by atoms with Crippen LogP contribution in [0.15, 0.2) is 24.3 Å². The molecule has 0 aromatic heterocycles. The molecule has 1 saturated carbocycles. The van der Waals surface area contributed by atoms with Crippen LogP contribution >= 0.6 is 0 Å². The molecule has 20 heavy (non-hydrogen) atoms. The maximum absolute atomic E-state index is 12.5. The van der Waals surface area contributed by atoms with Crippen LogP contribution in [0.5, 0.6) is 0 Å². The van der Waals surface area contributed by atoms with Crippen molar-refractivity contribution in [1.29, 1.82) is 0 Å². The Balaban J connectivity index is 2.06. The molecule has 0 unspecified atom stereocenters. The Kier molecular flexibility index (Phi) is 4.65. The number of nitrogens with zero attached hydrogens (tertiary/aromatic N) is 1. The zero-order valence-corrected chi connectivity index (χ0v) is 12.5. The third kappa shape index (κ3) is 3.12. The molecule has 0 atom stereocenters. The van der Waals surface area contributed by atoms with E-state index in [9.17, 15) is 4.79 Å². The number of nitrogens with two attached hydrogens (primary N) is 1. The molecule has 2 rings (SSSR count). The molecule has 110 valence electrons. The van der Waals surface area contributed by atoms with E-state index in [1.807, 2.05) is 43.3 Å². The normalized spacial score (nSPS) is 17.6. The van der Waals surface area contributed by atoms with E-state index in [1.165, 1.54) is 6.42 Å². The first-order valence-corrected chi connectivity index (χ1v) is 7.36. The average molecular weight is 275 g/mol. The number of carbonyl (C=O) groups excluding carboxylic acids is 1. The summed E-state index contributed by atoms with van der Waals surface area (Å²) < 4.78 is 0. The van der Waals surface area contributed by atoms with E-state index in [0.717, 1.165) is 37.1 Å². The molecule has 1 aromatic rings. The average Bonchev–Trinajstić information content (AvgIpc) is 2.48. The van der Waals surface area contributed by atoms with Crippen LogP contribution in [0.4, 0.5) is 11.4 Å². The van der Waals surface area contributed by atoms with E-state index in [0.29, 0.717) is 6.54 Å². The summed E-state index contributed by atoms with van der Waals surface area (Å²) in [6.07, 6.45) is 5.23. The molecule has 4 heteroatoms. The van der Waals surface area contributed by atoms with Crippen LogP contribution in [0.3, 0.4) is 0 Å². The fourth-order valence-corrected chi connectivity index (χ4v) is 2.86. The van der Waals surface area contributed by atoms with Crippen LogP contribution in [-0.2, 0) is 4.79 Å². The molecule has 0 saturated heterocycles. The predicted octanol–water partition coefficient (Wildman–Crippen LogP) is 2.60. The van der Waals surface area contributed by atoms with Crippen LogP contribution in [0.2, 0.25) is 0 Å². The van der Waals surface area contributed by atoms with Gasteiger partial charge in [-0.1, -0.05) is 19.3 Å². The third-order valence-corrected chi connectivity index (χ3v) is 4.32. The SMILES string of the molecule is CN(C)c1ccc(NC(=O)C2(CN)CCCCC2)cc1. The Morgan fingerprint density at radius 1 is 1.20 bits per heavy atom. The number of hydrogen-bond donors (Lipinski definition) is 2. The molecular weight excluding hydrogens is 250 g/mol. The number of carbonyl (C=O) groups is 1. The molecule has 4 nitrogen and oxygen atoms in total. The van der Waals surface area contributed by atoms with Crippen molar-refractivity contribution < 1.29 is 4.79 Å². The van der Waals surface area contributed by atoms with Gasteiger partial charge in [-0.15, -0.1) is 0 Å². The second-order valence-corrected chi connectivity index (χ2v) is 5.94. The van der Waals surface area contributed by atoms with E-state index in [1.54, 1.807) is 0 Å². The number of anilines is 2. The van der Waals surface area contributed by atoms with Gasteiger partial charge in [-0.25, -0.2) is 0 Å². The summed E-state index contributed by atoms with van der Waals surface area (Å²) in [6, 6.07) is 7.90. The molecule has 0 radical (unpaired) electrons. The van der Waals surface area contributed by atoms with Crippen LogP contribution < -0.4 is 16.0 Å². The zero-order valence-electron chi connectivity index (χ0n) is 12.5. The maximum atomic E-state index is 12.5. The van der Waals surface area contributed by atoms with Crippen LogP contribution in [0.1, 0.15) is 32.1 Å². The van der Waals surface area contributed by atoms with Gasteiger partial charge in [0, 0.05) is 32.0 Å². The summed E-state index contributed by atoms with van der Waals surface area (Å²) in [5.41, 5.74) is 7.49. The zero-order chi connectivity index (χ0) is 14.6. The smallest absolute Gasteiger partial charge is 0.231 e. The largest absolute Gasteiger partial charge is 0.378 e. The van der Waals surface area contributed by atoms with Crippen molar-refractivity contribution in [2.45, 2.75) is 32.1 Å². The number of nitrogens with one attached hydrogen (secondary N) is 1. The van der Waals surface area contributed by atoms with Gasteiger partial charge in [0.1, 0.15) is 0 Å². The van der Waals surface area contributed by atoms with E-state index in [-0.39, 0.29) is 11.3 Å². The molecule has 1 aromatic carbocycles. The summed E-state index contributed by atoms with van der Waals surface area (Å²) in [5, 5.41) is 3.03. The van der Waals surface area contributed by atoms with E-state index < -0.39 is 0 Å². The van der Waals surface area contributed by atoms with Crippen molar-refractivity contribution in [3.05, 3.63) is 24.3 Å². The fourth-order valence-electron chi connectivity index (χ4n) is 2.86. The van der Waals surface area contributed by atoms with E-state index in [2.05, 4.69) is 5.32 Å². The van der Waals surface area contributed by atoms with Gasteiger partial charge in [-0.3, -0.25) is 4.79 Å². The molecule has 0 aliphatic heterocycles. The van der Waals surface area contributed by atoms with Crippen molar-refractivity contribution in [1.82, 2.24) is 0 Å². The van der Waals surface area contributed by atoms with Gasteiger partial charge in [0.15, 0.2) is 0 Å². The second-order valence-electron chi connectivity index (χ2n) is 5.94. The fraction of sp³-hybridized carbons (Fsp3) is 0.562. The summed E-state index contributed by atoms with van der Waals surface area (Å²) >= 11 is 0.